The van der Waals surface area contributed by atoms with Crippen LogP contribution in [0, 0.1) is 0 Å². The minimum Gasteiger partial charge on any atom is -0.228 e. The highest BCUT2D eigenvalue weighted by Crippen LogP contribution is 2.33. The first kappa shape index (κ1) is 49.7. The molecule has 0 saturated heterocycles. The average Bonchev–Trinajstić information content (AvgIpc) is 3.61. The predicted octanol–water partition coefficient (Wildman–Crippen LogP) is 13.2. The molecule has 0 atom stereocenters. The SMILES string of the molecule is c1ccc(-c2cccc(-c3cc(-c4cc([Si](c5ccccc5)(c5ccccc5)c5ccccc5)cc([Si](c5ccccc5)(c5ccccc5)c5cccc(-c6ccccc6)c5)c4)nc(-c4cccc(-c5ccccc5)c4)n3)c2)cc1. The zero-order chi connectivity index (χ0) is 53.6. The van der Waals surface area contributed by atoms with Gasteiger partial charge in [0, 0.05) is 16.7 Å². The molecule has 4 heteroatoms. The molecule has 378 valence electrons. The third-order valence-corrected chi connectivity index (χ3v) is 25.2. The van der Waals surface area contributed by atoms with Crippen LogP contribution in [0.1, 0.15) is 0 Å². The largest absolute Gasteiger partial charge is 0.228 e. The molecular weight excluding hydrogens is 997 g/mol. The summed E-state index contributed by atoms with van der Waals surface area (Å²) in [6.45, 7) is 0. The summed E-state index contributed by atoms with van der Waals surface area (Å²) in [5.74, 6) is 0.662. The molecule has 13 rings (SSSR count). The Bertz CT molecular complexity index is 3960. The Morgan fingerprint density at radius 1 is 0.163 bits per heavy atom. The van der Waals surface area contributed by atoms with Gasteiger partial charge in [0.2, 0.25) is 0 Å². The van der Waals surface area contributed by atoms with Crippen molar-refractivity contribution in [2.24, 2.45) is 0 Å². The standard InChI is InChI=1S/C76H56N2Si2/c1-9-28-57(29-10-1)60-34-25-37-63(50-60)74-56-75(78-76(77-74)64-38-26-35-61(51-64)58-30-11-2-12-31-58)65-53-72(79(66-39-15-4-16-40-66,67-41-17-5-18-42-67)68-43-19-6-20-44-68)55-73(54-65)80(69-45-21-7-22-46-69,70-47-23-8-24-48-70)71-49-27-36-62(52-71)59-32-13-3-14-33-59/h1-56H. The lowest BCUT2D eigenvalue weighted by Crippen LogP contribution is -2.78. The van der Waals surface area contributed by atoms with E-state index in [9.17, 15) is 0 Å². The van der Waals surface area contributed by atoms with Crippen molar-refractivity contribution in [1.82, 2.24) is 9.97 Å². The number of rotatable bonds is 14. The topological polar surface area (TPSA) is 25.8 Å². The van der Waals surface area contributed by atoms with Crippen molar-refractivity contribution in [2.75, 3.05) is 0 Å². The highest BCUT2D eigenvalue weighted by molar-refractivity contribution is 7.22. The lowest BCUT2D eigenvalue weighted by molar-refractivity contribution is 1.18. The quantitative estimate of drug-likeness (QED) is 0.0801. The molecule has 0 amide bonds. The van der Waals surface area contributed by atoms with Crippen LogP contribution in [-0.2, 0) is 0 Å². The van der Waals surface area contributed by atoms with E-state index < -0.39 is 16.1 Å². The van der Waals surface area contributed by atoms with E-state index in [2.05, 4.69) is 340 Å². The molecule has 0 aliphatic carbocycles. The first-order valence-corrected chi connectivity index (χ1v) is 31.5. The highest BCUT2D eigenvalue weighted by atomic mass is 28.3. The van der Waals surface area contributed by atoms with Gasteiger partial charge in [0.05, 0.1) is 11.4 Å². The Morgan fingerprint density at radius 3 is 0.825 bits per heavy atom. The highest BCUT2D eigenvalue weighted by Gasteiger charge is 2.46. The smallest absolute Gasteiger partial charge is 0.179 e. The van der Waals surface area contributed by atoms with Crippen molar-refractivity contribution in [3.8, 4) is 67.3 Å². The van der Waals surface area contributed by atoms with E-state index in [0.29, 0.717) is 5.82 Å². The summed E-state index contributed by atoms with van der Waals surface area (Å²) < 4.78 is 0. The van der Waals surface area contributed by atoms with Crippen molar-refractivity contribution in [2.45, 2.75) is 0 Å². The number of hydrogen-bond donors (Lipinski definition) is 0. The van der Waals surface area contributed by atoms with Gasteiger partial charge in [-0.15, -0.1) is 0 Å². The molecule has 0 bridgehead atoms. The third-order valence-electron chi connectivity index (χ3n) is 15.8. The van der Waals surface area contributed by atoms with E-state index >= 15 is 0 Å². The van der Waals surface area contributed by atoms with Crippen molar-refractivity contribution < 1.29 is 0 Å². The Morgan fingerprint density at radius 2 is 0.425 bits per heavy atom. The molecule has 13 aromatic rings. The molecule has 1 heterocycles. The molecule has 2 nitrogen and oxygen atoms in total. The molecule has 0 unspecified atom stereocenters. The number of aromatic nitrogens is 2. The number of hydrogen-bond acceptors (Lipinski definition) is 2. The first-order chi connectivity index (χ1) is 39.6. The fraction of sp³-hybridized carbons (Fsp3) is 0. The van der Waals surface area contributed by atoms with E-state index in [1.54, 1.807) is 0 Å². The molecule has 0 fully saturated rings. The van der Waals surface area contributed by atoms with Crippen LogP contribution >= 0.6 is 0 Å². The van der Waals surface area contributed by atoms with E-state index in [1.807, 2.05) is 0 Å². The Hall–Kier alpha value is -9.85. The zero-order valence-corrected chi connectivity index (χ0v) is 46.2. The van der Waals surface area contributed by atoms with Crippen LogP contribution in [0.15, 0.2) is 340 Å². The van der Waals surface area contributed by atoms with E-state index in [0.717, 1.165) is 50.3 Å². The summed E-state index contributed by atoms with van der Waals surface area (Å²) in [6, 6.07) is 125. The van der Waals surface area contributed by atoms with Gasteiger partial charge < -0.3 is 0 Å². The van der Waals surface area contributed by atoms with Crippen LogP contribution in [0.4, 0.5) is 0 Å². The Balaban J connectivity index is 1.17. The summed E-state index contributed by atoms with van der Waals surface area (Å²) in [5.41, 5.74) is 11.6. The normalized spacial score (nSPS) is 11.5. The second-order valence-electron chi connectivity index (χ2n) is 20.4. The molecule has 12 aromatic carbocycles. The summed E-state index contributed by atoms with van der Waals surface area (Å²) in [4.78, 5) is 11.3. The van der Waals surface area contributed by atoms with Crippen LogP contribution in [0.2, 0.25) is 0 Å². The van der Waals surface area contributed by atoms with Crippen molar-refractivity contribution in [3.05, 3.63) is 340 Å². The van der Waals surface area contributed by atoms with E-state index in [4.69, 9.17) is 9.97 Å². The summed E-state index contributed by atoms with van der Waals surface area (Å²) in [7, 11) is -6.51. The summed E-state index contributed by atoms with van der Waals surface area (Å²) >= 11 is 0. The van der Waals surface area contributed by atoms with Crippen LogP contribution < -0.4 is 41.5 Å². The average molecular weight is 1050 g/mol. The van der Waals surface area contributed by atoms with Gasteiger partial charge >= 0.3 is 0 Å². The fourth-order valence-electron chi connectivity index (χ4n) is 12.0. The monoisotopic (exact) mass is 1050 g/mol. The molecular formula is C76H56N2Si2. The van der Waals surface area contributed by atoms with Gasteiger partial charge in [-0.25, -0.2) is 9.97 Å². The van der Waals surface area contributed by atoms with Crippen molar-refractivity contribution >= 4 is 57.6 Å². The summed E-state index contributed by atoms with van der Waals surface area (Å²) in [5, 5.41) is 10.3. The summed E-state index contributed by atoms with van der Waals surface area (Å²) in [6.07, 6.45) is 0. The Labute approximate surface area is 471 Å². The molecule has 0 spiro atoms. The number of nitrogens with zero attached hydrogens (tertiary/aromatic N) is 2. The molecule has 0 radical (unpaired) electrons. The van der Waals surface area contributed by atoms with Gasteiger partial charge in [0.15, 0.2) is 22.0 Å². The second kappa shape index (κ2) is 22.2. The molecule has 0 N–H and O–H groups in total. The number of benzene rings is 12. The minimum absolute atomic E-state index is 0.662. The maximum Gasteiger partial charge on any atom is 0.179 e. The molecule has 0 aliphatic rings. The van der Waals surface area contributed by atoms with Gasteiger partial charge in [-0.1, -0.05) is 322 Å². The molecule has 80 heavy (non-hydrogen) atoms. The zero-order valence-electron chi connectivity index (χ0n) is 44.2. The molecule has 0 aliphatic heterocycles. The van der Waals surface area contributed by atoms with Gasteiger partial charge in [-0.2, -0.15) is 0 Å². The third kappa shape index (κ3) is 9.47. The first-order valence-electron chi connectivity index (χ1n) is 27.5. The van der Waals surface area contributed by atoms with E-state index in [1.165, 1.54) is 52.6 Å². The molecule has 0 saturated carbocycles. The van der Waals surface area contributed by atoms with Gasteiger partial charge in [0.25, 0.3) is 0 Å². The van der Waals surface area contributed by atoms with Gasteiger partial charge in [-0.3, -0.25) is 0 Å². The van der Waals surface area contributed by atoms with Crippen LogP contribution in [0.25, 0.3) is 67.3 Å². The minimum atomic E-state index is -3.31. The lowest BCUT2D eigenvalue weighted by atomic mass is 10.00. The second-order valence-corrected chi connectivity index (χ2v) is 28.1. The fourth-order valence-corrected chi connectivity index (χ4v) is 21.9. The van der Waals surface area contributed by atoms with Crippen molar-refractivity contribution in [1.29, 1.82) is 0 Å². The maximum absolute atomic E-state index is 5.77. The van der Waals surface area contributed by atoms with Crippen LogP contribution in [0.3, 0.4) is 0 Å². The van der Waals surface area contributed by atoms with Crippen LogP contribution in [0.5, 0.6) is 0 Å². The van der Waals surface area contributed by atoms with Gasteiger partial charge in [0.1, 0.15) is 0 Å². The maximum atomic E-state index is 5.77. The van der Waals surface area contributed by atoms with Crippen molar-refractivity contribution in [3.63, 3.8) is 0 Å². The van der Waals surface area contributed by atoms with Crippen LogP contribution in [-0.4, -0.2) is 26.1 Å². The van der Waals surface area contributed by atoms with E-state index in [-0.39, 0.29) is 0 Å². The molecule has 1 aromatic heterocycles. The van der Waals surface area contributed by atoms with Gasteiger partial charge in [-0.05, 0) is 93.1 Å². The predicted molar refractivity (Wildman–Crippen MR) is 342 cm³/mol. The Kier molecular flexibility index (Phi) is 13.8. The lowest BCUT2D eigenvalue weighted by Gasteiger charge is -2.38.